The molecule has 3 rings (SSSR count). The number of benzene rings is 2. The topological polar surface area (TPSA) is 110 Å². The number of fused-ring (bicyclic) bond motifs is 1. The van der Waals surface area contributed by atoms with E-state index >= 15 is 0 Å². The highest BCUT2D eigenvalue weighted by molar-refractivity contribution is 6.04. The Morgan fingerprint density at radius 3 is 2.63 bits per heavy atom. The van der Waals surface area contributed by atoms with Crippen molar-refractivity contribution in [3.05, 3.63) is 71.4 Å². The number of carbonyl (C=O) groups is 1. The Morgan fingerprint density at radius 1 is 1.15 bits per heavy atom. The number of hydrogen-bond donors (Lipinski definition) is 2. The van der Waals surface area contributed by atoms with Gasteiger partial charge >= 0.3 is 5.97 Å². The Bertz CT molecular complexity index is 1150. The zero-order chi connectivity index (χ0) is 19.4. The van der Waals surface area contributed by atoms with E-state index in [0.29, 0.717) is 27.8 Å². The lowest BCUT2D eigenvalue weighted by Gasteiger charge is -2.09. The number of pyridine rings is 1. The lowest BCUT2D eigenvalue weighted by atomic mass is 10.0. The van der Waals surface area contributed by atoms with Crippen molar-refractivity contribution in [1.82, 2.24) is 4.98 Å². The maximum Gasteiger partial charge on any atom is 0.336 e. The van der Waals surface area contributed by atoms with Crippen LogP contribution in [0.1, 0.15) is 15.9 Å². The monoisotopic (exact) mass is 354 g/mol. The van der Waals surface area contributed by atoms with Gasteiger partial charge in [-0.2, -0.15) is 10.5 Å². The van der Waals surface area contributed by atoms with Gasteiger partial charge in [-0.3, -0.25) is 0 Å². The summed E-state index contributed by atoms with van der Waals surface area (Å²) in [6.45, 7) is 1.90. The predicted octanol–water partition coefficient (Wildman–Crippen LogP) is 4.25. The van der Waals surface area contributed by atoms with Crippen molar-refractivity contribution in [3.8, 4) is 23.4 Å². The third-order valence-electron chi connectivity index (χ3n) is 3.98. The second-order valence-electron chi connectivity index (χ2n) is 5.89. The van der Waals surface area contributed by atoms with Crippen molar-refractivity contribution in [1.29, 1.82) is 10.5 Å². The smallest absolute Gasteiger partial charge is 0.336 e. The first kappa shape index (κ1) is 17.7. The summed E-state index contributed by atoms with van der Waals surface area (Å²) in [5.41, 5.74) is 3.60. The zero-order valence-electron chi connectivity index (χ0n) is 14.4. The molecule has 2 N–H and O–H groups in total. The number of carboxylic acid groups (broad SMARTS) is 1. The molecule has 1 aromatic heterocycles. The molecule has 1 heterocycles. The van der Waals surface area contributed by atoms with Crippen LogP contribution in [0.5, 0.6) is 0 Å². The van der Waals surface area contributed by atoms with Gasteiger partial charge in [-0.25, -0.2) is 9.78 Å². The van der Waals surface area contributed by atoms with E-state index in [0.717, 1.165) is 5.56 Å². The average Bonchev–Trinajstić information content (AvgIpc) is 2.68. The van der Waals surface area contributed by atoms with Crippen molar-refractivity contribution in [2.24, 2.45) is 0 Å². The lowest BCUT2D eigenvalue weighted by molar-refractivity contribution is 0.0699. The molecule has 0 saturated heterocycles. The standard InChI is InChI=1S/C21H14N4O2/c1-13-5-6-19-17(7-13)18(21(26)27)9-20(25-19)15-3-2-4-16(8-15)24-12-14(10-22)11-23/h2-9,12,24H,1H3,(H,26,27). The Labute approximate surface area is 155 Å². The Balaban J connectivity index is 2.08. The summed E-state index contributed by atoms with van der Waals surface area (Å²) < 4.78 is 0. The van der Waals surface area contributed by atoms with Crippen molar-refractivity contribution in [2.45, 2.75) is 6.92 Å². The fourth-order valence-electron chi connectivity index (χ4n) is 2.68. The van der Waals surface area contributed by atoms with Crippen LogP contribution < -0.4 is 5.32 Å². The fraction of sp³-hybridized carbons (Fsp3) is 0.0476. The second-order valence-corrected chi connectivity index (χ2v) is 5.89. The van der Waals surface area contributed by atoms with E-state index < -0.39 is 5.97 Å². The molecule has 0 amide bonds. The Hall–Kier alpha value is -4.16. The minimum atomic E-state index is -1.01. The Kier molecular flexibility index (Phi) is 4.83. The number of aromatic nitrogens is 1. The summed E-state index contributed by atoms with van der Waals surface area (Å²) in [5.74, 6) is -1.01. The molecule has 0 aliphatic rings. The molecule has 0 aliphatic carbocycles. The van der Waals surface area contributed by atoms with Crippen LogP contribution in [0, 0.1) is 29.6 Å². The number of carboxylic acids is 1. The van der Waals surface area contributed by atoms with E-state index in [-0.39, 0.29) is 11.1 Å². The third kappa shape index (κ3) is 3.76. The predicted molar refractivity (Wildman–Crippen MR) is 102 cm³/mol. The minimum Gasteiger partial charge on any atom is -0.478 e. The molecule has 27 heavy (non-hydrogen) atoms. The molecular weight excluding hydrogens is 340 g/mol. The first-order valence-corrected chi connectivity index (χ1v) is 8.04. The summed E-state index contributed by atoms with van der Waals surface area (Å²) in [7, 11) is 0. The van der Waals surface area contributed by atoms with Crippen LogP contribution in [0.4, 0.5) is 5.69 Å². The summed E-state index contributed by atoms with van der Waals surface area (Å²) >= 11 is 0. The van der Waals surface area contributed by atoms with Gasteiger partial charge in [0.25, 0.3) is 0 Å². The van der Waals surface area contributed by atoms with Crippen LogP contribution in [-0.2, 0) is 0 Å². The molecule has 3 aromatic rings. The van der Waals surface area contributed by atoms with Crippen molar-refractivity contribution >= 4 is 22.6 Å². The number of nitriles is 2. The number of nitrogens with zero attached hydrogens (tertiary/aromatic N) is 3. The number of nitrogens with one attached hydrogen (secondary N) is 1. The molecule has 0 aliphatic heterocycles. The molecule has 6 heteroatoms. The summed E-state index contributed by atoms with van der Waals surface area (Å²) in [4.78, 5) is 16.3. The maximum atomic E-state index is 11.7. The summed E-state index contributed by atoms with van der Waals surface area (Å²) in [5, 5.41) is 30.7. The van der Waals surface area contributed by atoms with E-state index in [4.69, 9.17) is 10.5 Å². The van der Waals surface area contributed by atoms with Gasteiger partial charge in [-0.05, 0) is 37.3 Å². The summed E-state index contributed by atoms with van der Waals surface area (Å²) in [6, 6.07) is 17.7. The van der Waals surface area contributed by atoms with Crippen molar-refractivity contribution in [3.63, 3.8) is 0 Å². The number of hydrogen-bond acceptors (Lipinski definition) is 5. The molecule has 0 atom stereocenters. The summed E-state index contributed by atoms with van der Waals surface area (Å²) in [6.07, 6.45) is 1.32. The van der Waals surface area contributed by atoms with E-state index in [1.54, 1.807) is 42.5 Å². The lowest BCUT2D eigenvalue weighted by Crippen LogP contribution is -2.00. The van der Waals surface area contributed by atoms with E-state index in [1.165, 1.54) is 6.20 Å². The normalized spacial score (nSPS) is 9.89. The quantitative estimate of drug-likeness (QED) is 0.678. The number of aryl methyl sites for hydroxylation is 1. The van der Waals surface area contributed by atoms with Gasteiger partial charge in [0, 0.05) is 22.8 Å². The van der Waals surface area contributed by atoms with Crippen molar-refractivity contribution < 1.29 is 9.90 Å². The van der Waals surface area contributed by atoms with E-state index in [1.807, 2.05) is 25.1 Å². The molecule has 130 valence electrons. The molecule has 0 saturated carbocycles. The average molecular weight is 354 g/mol. The molecule has 6 nitrogen and oxygen atoms in total. The van der Waals surface area contributed by atoms with Crippen LogP contribution >= 0.6 is 0 Å². The van der Waals surface area contributed by atoms with Gasteiger partial charge in [0.15, 0.2) is 0 Å². The fourth-order valence-corrected chi connectivity index (χ4v) is 2.68. The van der Waals surface area contributed by atoms with Crippen LogP contribution in [0.15, 0.2) is 60.3 Å². The SMILES string of the molecule is Cc1ccc2nc(-c3cccc(NC=C(C#N)C#N)c3)cc(C(=O)O)c2c1. The number of rotatable bonds is 4. The molecular formula is C21H14N4O2. The van der Waals surface area contributed by atoms with E-state index in [9.17, 15) is 9.90 Å². The third-order valence-corrected chi connectivity index (χ3v) is 3.98. The largest absolute Gasteiger partial charge is 0.478 e. The van der Waals surface area contributed by atoms with Gasteiger partial charge in [0.05, 0.1) is 16.8 Å². The van der Waals surface area contributed by atoms with Crippen LogP contribution in [0.3, 0.4) is 0 Å². The number of allylic oxidation sites excluding steroid dienone is 1. The van der Waals surface area contributed by atoms with Crippen molar-refractivity contribution in [2.75, 3.05) is 5.32 Å². The zero-order valence-corrected chi connectivity index (χ0v) is 14.4. The molecule has 0 fully saturated rings. The number of anilines is 1. The van der Waals surface area contributed by atoms with Gasteiger partial charge < -0.3 is 10.4 Å². The first-order valence-electron chi connectivity index (χ1n) is 8.04. The highest BCUT2D eigenvalue weighted by Crippen LogP contribution is 2.27. The maximum absolute atomic E-state index is 11.7. The Morgan fingerprint density at radius 2 is 1.93 bits per heavy atom. The van der Waals surface area contributed by atoms with Gasteiger partial charge in [-0.15, -0.1) is 0 Å². The molecule has 0 radical (unpaired) electrons. The molecule has 0 unspecified atom stereocenters. The highest BCUT2D eigenvalue weighted by Gasteiger charge is 2.13. The minimum absolute atomic E-state index is 0.0484. The van der Waals surface area contributed by atoms with E-state index in [2.05, 4.69) is 10.3 Å². The molecule has 0 spiro atoms. The highest BCUT2D eigenvalue weighted by atomic mass is 16.4. The molecule has 2 aromatic carbocycles. The second kappa shape index (κ2) is 7.38. The van der Waals surface area contributed by atoms with Crippen LogP contribution in [-0.4, -0.2) is 16.1 Å². The molecule has 0 bridgehead atoms. The van der Waals surface area contributed by atoms with Gasteiger partial charge in [0.1, 0.15) is 17.7 Å². The van der Waals surface area contributed by atoms with Crippen LogP contribution in [0.2, 0.25) is 0 Å². The van der Waals surface area contributed by atoms with Crippen LogP contribution in [0.25, 0.3) is 22.2 Å². The first-order chi connectivity index (χ1) is 13.0. The number of aromatic carboxylic acids is 1. The van der Waals surface area contributed by atoms with Gasteiger partial charge in [-0.1, -0.05) is 23.8 Å². The van der Waals surface area contributed by atoms with Gasteiger partial charge in [0.2, 0.25) is 0 Å².